The number of carbonyl (C=O) groups is 2. The molecule has 156 valence electrons. The molecule has 29 heavy (non-hydrogen) atoms. The van der Waals surface area contributed by atoms with Gasteiger partial charge in [-0.25, -0.2) is 0 Å². The summed E-state index contributed by atoms with van der Waals surface area (Å²) in [7, 11) is 0. The Morgan fingerprint density at radius 1 is 1.21 bits per heavy atom. The number of amides is 2. The summed E-state index contributed by atoms with van der Waals surface area (Å²) in [4.78, 5) is 26.9. The molecule has 2 aromatic carbocycles. The van der Waals surface area contributed by atoms with Gasteiger partial charge >= 0.3 is 0 Å². The Morgan fingerprint density at radius 3 is 2.41 bits per heavy atom. The lowest BCUT2D eigenvalue weighted by Crippen LogP contribution is -2.49. The van der Waals surface area contributed by atoms with E-state index in [1.807, 2.05) is 51.1 Å². The second-order valence-corrected chi connectivity index (χ2v) is 8.04. The Kier molecular flexibility index (Phi) is 8.53. The maximum atomic E-state index is 13.0. The molecule has 0 heterocycles. The molecule has 0 saturated heterocycles. The quantitative estimate of drug-likeness (QED) is 0.597. The summed E-state index contributed by atoms with van der Waals surface area (Å²) in [5, 5.41) is 3.31. The van der Waals surface area contributed by atoms with E-state index >= 15 is 0 Å². The molecule has 0 spiro atoms. The van der Waals surface area contributed by atoms with Crippen molar-refractivity contribution >= 4 is 39.3 Å². The van der Waals surface area contributed by atoms with Crippen LogP contribution in [-0.4, -0.2) is 35.9 Å². The smallest absolute Gasteiger partial charge is 0.261 e. The van der Waals surface area contributed by atoms with Crippen LogP contribution in [0.25, 0.3) is 0 Å². The summed E-state index contributed by atoms with van der Waals surface area (Å²) in [5.74, 6) is 0.102. The van der Waals surface area contributed by atoms with Gasteiger partial charge < -0.3 is 15.0 Å². The SMILES string of the molecule is CCNC(=O)[C@@H](C)N(Cc1ccccc1Cl)C(=O)COc1cc(C)c(Br)c(C)c1. The summed E-state index contributed by atoms with van der Waals surface area (Å²) >= 11 is 9.79. The first-order valence-corrected chi connectivity index (χ1v) is 10.6. The molecule has 0 aliphatic heterocycles. The molecule has 7 heteroatoms. The monoisotopic (exact) mass is 480 g/mol. The second-order valence-electron chi connectivity index (χ2n) is 6.84. The zero-order valence-corrected chi connectivity index (χ0v) is 19.4. The Labute approximate surface area is 185 Å². The van der Waals surface area contributed by atoms with Crippen LogP contribution in [-0.2, 0) is 16.1 Å². The van der Waals surface area contributed by atoms with Crippen molar-refractivity contribution in [1.29, 1.82) is 0 Å². The van der Waals surface area contributed by atoms with Crippen LogP contribution in [0.15, 0.2) is 40.9 Å². The van der Waals surface area contributed by atoms with E-state index in [4.69, 9.17) is 16.3 Å². The Morgan fingerprint density at radius 2 is 1.83 bits per heavy atom. The molecule has 2 amide bonds. The van der Waals surface area contributed by atoms with Crippen molar-refractivity contribution < 1.29 is 14.3 Å². The first kappa shape index (κ1) is 23.2. The molecular weight excluding hydrogens is 456 g/mol. The van der Waals surface area contributed by atoms with Crippen LogP contribution < -0.4 is 10.1 Å². The standard InChI is InChI=1S/C22H26BrClN2O3/c1-5-25-22(28)16(4)26(12-17-8-6-7-9-19(17)24)20(27)13-29-18-10-14(2)21(23)15(3)11-18/h6-11,16H,5,12-13H2,1-4H3,(H,25,28)/t16-/m1/s1. The molecule has 0 fully saturated rings. The van der Waals surface area contributed by atoms with E-state index in [2.05, 4.69) is 21.2 Å². The van der Waals surface area contributed by atoms with Gasteiger partial charge in [0.2, 0.25) is 5.91 Å². The van der Waals surface area contributed by atoms with Crippen LogP contribution >= 0.6 is 27.5 Å². The zero-order chi connectivity index (χ0) is 21.6. The largest absolute Gasteiger partial charge is 0.484 e. The number of rotatable bonds is 8. The Bertz CT molecular complexity index is 865. The van der Waals surface area contributed by atoms with Crippen molar-refractivity contribution in [3.05, 3.63) is 62.6 Å². The van der Waals surface area contributed by atoms with Crippen molar-refractivity contribution in [2.75, 3.05) is 13.2 Å². The molecule has 0 saturated carbocycles. The predicted octanol–water partition coefficient (Wildman–Crippen LogP) is 4.65. The lowest BCUT2D eigenvalue weighted by atomic mass is 10.1. The topological polar surface area (TPSA) is 58.6 Å². The van der Waals surface area contributed by atoms with E-state index < -0.39 is 6.04 Å². The van der Waals surface area contributed by atoms with E-state index in [0.29, 0.717) is 17.3 Å². The van der Waals surface area contributed by atoms with Crippen molar-refractivity contribution in [3.63, 3.8) is 0 Å². The van der Waals surface area contributed by atoms with Gasteiger partial charge in [-0.3, -0.25) is 9.59 Å². The van der Waals surface area contributed by atoms with Crippen LogP contribution in [0.4, 0.5) is 0 Å². The number of hydrogen-bond donors (Lipinski definition) is 1. The number of nitrogens with one attached hydrogen (secondary N) is 1. The molecule has 1 atom stereocenters. The van der Waals surface area contributed by atoms with Crippen molar-refractivity contribution in [3.8, 4) is 5.75 Å². The fraction of sp³-hybridized carbons (Fsp3) is 0.364. The van der Waals surface area contributed by atoms with Gasteiger partial charge in [0.1, 0.15) is 11.8 Å². The third-order valence-corrected chi connectivity index (χ3v) is 6.21. The average Bonchev–Trinajstić information content (AvgIpc) is 2.69. The normalized spacial score (nSPS) is 11.7. The van der Waals surface area contributed by atoms with Gasteiger partial charge in [0.05, 0.1) is 0 Å². The van der Waals surface area contributed by atoms with E-state index in [-0.39, 0.29) is 25.0 Å². The second kappa shape index (κ2) is 10.6. The highest BCUT2D eigenvalue weighted by Gasteiger charge is 2.26. The average molecular weight is 482 g/mol. The Balaban J connectivity index is 2.19. The minimum atomic E-state index is -0.657. The fourth-order valence-corrected chi connectivity index (χ4v) is 3.36. The van der Waals surface area contributed by atoms with Crippen LogP contribution in [0.5, 0.6) is 5.75 Å². The molecule has 0 radical (unpaired) electrons. The number of benzene rings is 2. The number of halogens is 2. The van der Waals surface area contributed by atoms with E-state index in [1.54, 1.807) is 13.0 Å². The van der Waals surface area contributed by atoms with Crippen molar-refractivity contribution in [1.82, 2.24) is 10.2 Å². The highest BCUT2D eigenvalue weighted by atomic mass is 79.9. The van der Waals surface area contributed by atoms with E-state index in [0.717, 1.165) is 21.2 Å². The minimum Gasteiger partial charge on any atom is -0.484 e. The lowest BCUT2D eigenvalue weighted by molar-refractivity contribution is -0.142. The third kappa shape index (κ3) is 6.21. The van der Waals surface area contributed by atoms with Gasteiger partial charge in [-0.1, -0.05) is 45.7 Å². The third-order valence-electron chi connectivity index (χ3n) is 4.59. The summed E-state index contributed by atoms with van der Waals surface area (Å²) in [6.07, 6.45) is 0. The van der Waals surface area contributed by atoms with Gasteiger partial charge in [-0.2, -0.15) is 0 Å². The molecule has 5 nitrogen and oxygen atoms in total. The van der Waals surface area contributed by atoms with E-state index in [9.17, 15) is 9.59 Å². The molecule has 2 rings (SSSR count). The van der Waals surface area contributed by atoms with Crippen LogP contribution in [0.3, 0.4) is 0 Å². The van der Waals surface area contributed by atoms with E-state index in [1.165, 1.54) is 4.90 Å². The van der Waals surface area contributed by atoms with Gasteiger partial charge in [-0.05, 0) is 62.6 Å². The van der Waals surface area contributed by atoms with Crippen LogP contribution in [0, 0.1) is 13.8 Å². The highest BCUT2D eigenvalue weighted by Crippen LogP contribution is 2.26. The minimum absolute atomic E-state index is 0.172. The molecule has 0 unspecified atom stereocenters. The van der Waals surface area contributed by atoms with Crippen LogP contribution in [0.2, 0.25) is 5.02 Å². The first-order chi connectivity index (χ1) is 13.7. The van der Waals surface area contributed by atoms with Crippen LogP contribution in [0.1, 0.15) is 30.5 Å². The Hall–Kier alpha value is -2.05. The maximum Gasteiger partial charge on any atom is 0.261 e. The summed E-state index contributed by atoms with van der Waals surface area (Å²) in [6.45, 7) is 8.01. The fourth-order valence-electron chi connectivity index (χ4n) is 2.93. The van der Waals surface area contributed by atoms with Crippen molar-refractivity contribution in [2.45, 2.75) is 40.3 Å². The summed E-state index contributed by atoms with van der Waals surface area (Å²) < 4.78 is 6.76. The number of ether oxygens (including phenoxy) is 1. The summed E-state index contributed by atoms with van der Waals surface area (Å²) in [6, 6.07) is 10.4. The lowest BCUT2D eigenvalue weighted by Gasteiger charge is -2.29. The first-order valence-electron chi connectivity index (χ1n) is 9.44. The molecule has 0 aromatic heterocycles. The van der Waals surface area contributed by atoms with Crippen molar-refractivity contribution in [2.24, 2.45) is 0 Å². The van der Waals surface area contributed by atoms with Gasteiger partial charge in [0.25, 0.3) is 5.91 Å². The number of nitrogens with zero attached hydrogens (tertiary/aromatic N) is 1. The molecule has 2 aromatic rings. The molecule has 0 bridgehead atoms. The number of aryl methyl sites for hydroxylation is 2. The molecule has 0 aliphatic rings. The van der Waals surface area contributed by atoms with Gasteiger partial charge in [0, 0.05) is 22.6 Å². The number of hydrogen-bond acceptors (Lipinski definition) is 3. The van der Waals surface area contributed by atoms with Gasteiger partial charge in [0.15, 0.2) is 6.61 Å². The predicted molar refractivity (Wildman–Crippen MR) is 119 cm³/mol. The zero-order valence-electron chi connectivity index (χ0n) is 17.1. The highest BCUT2D eigenvalue weighted by molar-refractivity contribution is 9.10. The molecular formula is C22H26BrClN2O3. The summed E-state index contributed by atoms with van der Waals surface area (Å²) in [5.41, 5.74) is 2.82. The molecule has 0 aliphatic carbocycles. The number of likely N-dealkylation sites (N-methyl/N-ethyl adjacent to an activating group) is 1. The molecule has 1 N–H and O–H groups in total. The maximum absolute atomic E-state index is 13.0. The van der Waals surface area contributed by atoms with Gasteiger partial charge in [-0.15, -0.1) is 0 Å². The number of carbonyl (C=O) groups excluding carboxylic acids is 2.